The highest BCUT2D eigenvalue weighted by Gasteiger charge is 2.27. The van der Waals surface area contributed by atoms with Crippen LogP contribution in [0.25, 0.3) is 0 Å². The molecule has 0 radical (unpaired) electrons. The van der Waals surface area contributed by atoms with Crippen molar-refractivity contribution in [2.24, 2.45) is 13.0 Å². The summed E-state index contributed by atoms with van der Waals surface area (Å²) in [6, 6.07) is 0. The van der Waals surface area contributed by atoms with Gasteiger partial charge in [-0.25, -0.2) is 0 Å². The van der Waals surface area contributed by atoms with Gasteiger partial charge in [-0.05, 0) is 5.21 Å². The van der Waals surface area contributed by atoms with Crippen molar-refractivity contribution in [1.29, 1.82) is 0 Å². The van der Waals surface area contributed by atoms with Crippen molar-refractivity contribution in [2.45, 2.75) is 12.5 Å². The van der Waals surface area contributed by atoms with Crippen LogP contribution in [0.15, 0.2) is 0 Å². The summed E-state index contributed by atoms with van der Waals surface area (Å²) < 4.78 is 5.12. The first-order valence-electron chi connectivity index (χ1n) is 4.24. The smallest absolute Gasteiger partial charge is 0.175 e. The molecule has 13 heavy (non-hydrogen) atoms. The zero-order valence-electron chi connectivity index (χ0n) is 7.42. The Morgan fingerprint density at radius 2 is 2.46 bits per heavy atom. The lowest BCUT2D eigenvalue weighted by molar-refractivity contribution is 0.118. The number of hydrogen-bond donors (Lipinski definition) is 1. The Hall–Kier alpha value is -1.01. The van der Waals surface area contributed by atoms with Gasteiger partial charge in [0.15, 0.2) is 5.82 Å². The third-order valence-corrected chi connectivity index (χ3v) is 2.16. The van der Waals surface area contributed by atoms with Gasteiger partial charge in [0.05, 0.1) is 26.4 Å². The Morgan fingerprint density at radius 3 is 3.00 bits per heavy atom. The van der Waals surface area contributed by atoms with Crippen LogP contribution in [0.4, 0.5) is 0 Å². The standard InChI is InChI=1S/C7H12N4O2/c1-11-9-7(8-10-11)2-5-3-13-4-6(5)12/h5-6,12H,2-4H2,1H3/t5-,6-/m1/s1. The minimum Gasteiger partial charge on any atom is -0.390 e. The van der Waals surface area contributed by atoms with Crippen LogP contribution in [-0.2, 0) is 18.2 Å². The lowest BCUT2D eigenvalue weighted by Crippen LogP contribution is -2.20. The molecule has 2 heterocycles. The van der Waals surface area contributed by atoms with Crippen molar-refractivity contribution < 1.29 is 9.84 Å². The first kappa shape index (κ1) is 8.58. The summed E-state index contributed by atoms with van der Waals surface area (Å²) in [7, 11) is 1.72. The molecule has 0 saturated carbocycles. The maximum atomic E-state index is 9.45. The molecule has 2 atom stereocenters. The summed E-state index contributed by atoms with van der Waals surface area (Å²) in [5.41, 5.74) is 0. The molecule has 6 heteroatoms. The van der Waals surface area contributed by atoms with Crippen molar-refractivity contribution in [3.05, 3.63) is 5.82 Å². The number of nitrogens with zero attached hydrogens (tertiary/aromatic N) is 4. The lowest BCUT2D eigenvalue weighted by atomic mass is 10.0. The van der Waals surface area contributed by atoms with E-state index in [9.17, 15) is 5.11 Å². The molecule has 1 saturated heterocycles. The fourth-order valence-electron chi connectivity index (χ4n) is 1.42. The van der Waals surface area contributed by atoms with Crippen molar-refractivity contribution in [3.63, 3.8) is 0 Å². The van der Waals surface area contributed by atoms with Crippen molar-refractivity contribution in [1.82, 2.24) is 20.2 Å². The second-order valence-electron chi connectivity index (χ2n) is 3.26. The minimum atomic E-state index is -0.385. The minimum absolute atomic E-state index is 0.115. The molecule has 1 N–H and O–H groups in total. The predicted molar refractivity (Wildman–Crippen MR) is 42.8 cm³/mol. The Morgan fingerprint density at radius 1 is 1.62 bits per heavy atom. The summed E-state index contributed by atoms with van der Waals surface area (Å²) in [5.74, 6) is 0.779. The van der Waals surface area contributed by atoms with Crippen LogP contribution in [-0.4, -0.2) is 44.6 Å². The van der Waals surface area contributed by atoms with E-state index in [0.717, 1.165) is 0 Å². The number of aryl methyl sites for hydroxylation is 1. The van der Waals surface area contributed by atoms with E-state index in [1.165, 1.54) is 4.80 Å². The maximum Gasteiger partial charge on any atom is 0.175 e. The summed E-state index contributed by atoms with van der Waals surface area (Å²) in [5, 5.41) is 21.1. The normalized spacial score (nSPS) is 28.2. The van der Waals surface area contributed by atoms with Gasteiger partial charge in [0.25, 0.3) is 0 Å². The number of tetrazole rings is 1. The first-order chi connectivity index (χ1) is 6.25. The second-order valence-corrected chi connectivity index (χ2v) is 3.26. The highest BCUT2D eigenvalue weighted by Crippen LogP contribution is 2.16. The van der Waals surface area contributed by atoms with Crippen LogP contribution in [0.2, 0.25) is 0 Å². The SMILES string of the molecule is Cn1nnc(C[C@@H]2COC[C@H]2O)n1. The number of aliphatic hydroxyl groups is 1. The van der Waals surface area contributed by atoms with E-state index < -0.39 is 0 Å². The molecular formula is C7H12N4O2. The van der Waals surface area contributed by atoms with E-state index >= 15 is 0 Å². The first-order valence-corrected chi connectivity index (χ1v) is 4.24. The molecule has 0 aromatic carbocycles. The monoisotopic (exact) mass is 184 g/mol. The molecule has 1 aliphatic heterocycles. The Balaban J connectivity index is 1.97. The highest BCUT2D eigenvalue weighted by atomic mass is 16.5. The van der Waals surface area contributed by atoms with Crippen LogP contribution in [0, 0.1) is 5.92 Å². The van der Waals surface area contributed by atoms with Crippen LogP contribution in [0.3, 0.4) is 0 Å². The van der Waals surface area contributed by atoms with Crippen molar-refractivity contribution in [2.75, 3.05) is 13.2 Å². The van der Waals surface area contributed by atoms with Gasteiger partial charge < -0.3 is 9.84 Å². The Bertz CT molecular complexity index is 288. The zero-order valence-corrected chi connectivity index (χ0v) is 7.42. The average molecular weight is 184 g/mol. The molecule has 1 aromatic heterocycles. The van der Waals surface area contributed by atoms with Gasteiger partial charge in [-0.2, -0.15) is 4.80 Å². The summed E-state index contributed by atoms with van der Waals surface area (Å²) >= 11 is 0. The number of ether oxygens (including phenoxy) is 1. The van der Waals surface area contributed by atoms with E-state index in [0.29, 0.717) is 25.5 Å². The number of aromatic nitrogens is 4. The van der Waals surface area contributed by atoms with Gasteiger partial charge in [-0.15, -0.1) is 10.2 Å². The molecule has 2 rings (SSSR count). The van der Waals surface area contributed by atoms with Gasteiger partial charge in [0.2, 0.25) is 0 Å². The van der Waals surface area contributed by atoms with Crippen molar-refractivity contribution in [3.8, 4) is 0 Å². The molecule has 0 bridgehead atoms. The summed E-state index contributed by atoms with van der Waals surface area (Å²) in [4.78, 5) is 1.41. The largest absolute Gasteiger partial charge is 0.390 e. The lowest BCUT2D eigenvalue weighted by Gasteiger charge is -2.07. The maximum absolute atomic E-state index is 9.45. The second kappa shape index (κ2) is 3.39. The molecule has 1 fully saturated rings. The summed E-state index contributed by atoms with van der Waals surface area (Å²) in [6.07, 6.45) is 0.249. The van der Waals surface area contributed by atoms with E-state index in [1.54, 1.807) is 7.05 Å². The third-order valence-electron chi connectivity index (χ3n) is 2.16. The molecule has 1 aliphatic rings. The fraction of sp³-hybridized carbons (Fsp3) is 0.857. The van der Waals surface area contributed by atoms with Gasteiger partial charge >= 0.3 is 0 Å². The van der Waals surface area contributed by atoms with Gasteiger partial charge in [0.1, 0.15) is 0 Å². The van der Waals surface area contributed by atoms with E-state index in [4.69, 9.17) is 4.74 Å². The van der Waals surface area contributed by atoms with E-state index in [2.05, 4.69) is 15.4 Å². The fourth-order valence-corrected chi connectivity index (χ4v) is 1.42. The number of rotatable bonds is 2. The molecular weight excluding hydrogens is 172 g/mol. The quantitative estimate of drug-likeness (QED) is 0.622. The zero-order chi connectivity index (χ0) is 9.26. The van der Waals surface area contributed by atoms with Crippen LogP contribution in [0.5, 0.6) is 0 Å². The Kier molecular flexibility index (Phi) is 2.24. The highest BCUT2D eigenvalue weighted by molar-refractivity contribution is 4.86. The van der Waals surface area contributed by atoms with Crippen LogP contribution >= 0.6 is 0 Å². The van der Waals surface area contributed by atoms with Gasteiger partial charge in [-0.1, -0.05) is 0 Å². The number of aliphatic hydroxyl groups excluding tert-OH is 1. The van der Waals surface area contributed by atoms with E-state index in [-0.39, 0.29) is 12.0 Å². The molecule has 72 valence electrons. The Labute approximate surface area is 75.5 Å². The molecule has 6 nitrogen and oxygen atoms in total. The molecule has 0 unspecified atom stereocenters. The predicted octanol–water partition coefficient (Wildman–Crippen LogP) is -1.24. The molecule has 1 aromatic rings. The average Bonchev–Trinajstić information content (AvgIpc) is 2.64. The topological polar surface area (TPSA) is 73.1 Å². The third kappa shape index (κ3) is 1.84. The van der Waals surface area contributed by atoms with Crippen molar-refractivity contribution >= 4 is 0 Å². The van der Waals surface area contributed by atoms with Gasteiger partial charge in [-0.3, -0.25) is 0 Å². The van der Waals surface area contributed by atoms with Crippen LogP contribution in [0.1, 0.15) is 5.82 Å². The van der Waals surface area contributed by atoms with Crippen LogP contribution < -0.4 is 0 Å². The summed E-state index contributed by atoms with van der Waals surface area (Å²) in [6.45, 7) is 1.00. The van der Waals surface area contributed by atoms with Gasteiger partial charge in [0, 0.05) is 12.3 Å². The van der Waals surface area contributed by atoms with E-state index in [1.807, 2.05) is 0 Å². The molecule has 0 amide bonds. The molecule has 0 aliphatic carbocycles. The number of hydrogen-bond acceptors (Lipinski definition) is 5. The molecule has 0 spiro atoms.